The molecule has 150 valence electrons. The number of benzene rings is 2. The van der Waals surface area contributed by atoms with E-state index in [-0.39, 0.29) is 22.9 Å². The first kappa shape index (κ1) is 18.0. The number of aromatic nitrogens is 4. The van der Waals surface area contributed by atoms with Crippen LogP contribution in [0.3, 0.4) is 0 Å². The quantitative estimate of drug-likeness (QED) is 0.515. The molecular formula is C20H11F3N4O3. The lowest BCUT2D eigenvalue weighted by molar-refractivity contribution is -0.286. The summed E-state index contributed by atoms with van der Waals surface area (Å²) in [4.78, 5) is 12.5. The molecule has 10 heteroatoms. The van der Waals surface area contributed by atoms with Gasteiger partial charge in [0, 0.05) is 12.3 Å². The number of hydrogen-bond donors (Lipinski definition) is 0. The van der Waals surface area contributed by atoms with Gasteiger partial charge in [0.25, 0.3) is 0 Å². The third kappa shape index (κ3) is 2.98. The zero-order valence-electron chi connectivity index (χ0n) is 15.0. The van der Waals surface area contributed by atoms with E-state index in [1.165, 1.54) is 64.2 Å². The Labute approximate surface area is 166 Å². The number of halogens is 3. The Bertz CT molecular complexity index is 1330. The van der Waals surface area contributed by atoms with Crippen LogP contribution >= 0.6 is 0 Å². The largest absolute Gasteiger partial charge is 0.586 e. The maximum Gasteiger partial charge on any atom is 0.586 e. The molecule has 4 aromatic rings. The molecule has 1 aliphatic rings. The van der Waals surface area contributed by atoms with Gasteiger partial charge in [-0.2, -0.15) is 10.2 Å². The summed E-state index contributed by atoms with van der Waals surface area (Å²) in [5.41, 5.74) is 0.406. The summed E-state index contributed by atoms with van der Waals surface area (Å²) >= 11 is 0. The first-order valence-corrected chi connectivity index (χ1v) is 8.71. The van der Waals surface area contributed by atoms with Gasteiger partial charge in [0.1, 0.15) is 11.5 Å². The highest BCUT2D eigenvalue weighted by Crippen LogP contribution is 2.44. The van der Waals surface area contributed by atoms with Crippen molar-refractivity contribution in [2.75, 3.05) is 0 Å². The number of fused-ring (bicyclic) bond motifs is 1. The highest BCUT2D eigenvalue weighted by atomic mass is 19.3. The van der Waals surface area contributed by atoms with Crippen LogP contribution in [0.1, 0.15) is 0 Å². The SMILES string of the molecule is O=c1ccn(-c2cccc3c2OC(F)(F)O3)nc1-c1ccnn1-c1cccc(F)c1. The summed E-state index contributed by atoms with van der Waals surface area (Å²) in [5.74, 6) is -0.821. The Morgan fingerprint density at radius 2 is 1.83 bits per heavy atom. The predicted octanol–water partition coefficient (Wildman–Crippen LogP) is 3.55. The van der Waals surface area contributed by atoms with E-state index in [2.05, 4.69) is 19.7 Å². The van der Waals surface area contributed by atoms with Crippen molar-refractivity contribution < 1.29 is 22.6 Å². The molecule has 0 saturated heterocycles. The van der Waals surface area contributed by atoms with Crippen molar-refractivity contribution in [2.45, 2.75) is 6.29 Å². The summed E-state index contributed by atoms with van der Waals surface area (Å²) in [6, 6.07) is 12.8. The van der Waals surface area contributed by atoms with Crippen molar-refractivity contribution in [1.29, 1.82) is 0 Å². The lowest BCUT2D eigenvalue weighted by atomic mass is 10.2. The summed E-state index contributed by atoms with van der Waals surface area (Å²) in [6.07, 6.45) is -1.03. The van der Waals surface area contributed by atoms with E-state index in [9.17, 15) is 18.0 Å². The van der Waals surface area contributed by atoms with Crippen molar-refractivity contribution in [3.05, 3.63) is 83.0 Å². The minimum atomic E-state index is -3.80. The molecule has 3 heterocycles. The molecule has 0 saturated carbocycles. The van der Waals surface area contributed by atoms with Crippen LogP contribution in [0.4, 0.5) is 13.2 Å². The summed E-state index contributed by atoms with van der Waals surface area (Å²) < 4.78 is 52.3. The molecule has 7 nitrogen and oxygen atoms in total. The average molecular weight is 412 g/mol. The van der Waals surface area contributed by atoms with Crippen molar-refractivity contribution in [2.24, 2.45) is 0 Å². The van der Waals surface area contributed by atoms with Crippen molar-refractivity contribution >= 4 is 0 Å². The molecule has 0 unspecified atom stereocenters. The van der Waals surface area contributed by atoms with Crippen molar-refractivity contribution in [3.63, 3.8) is 0 Å². The van der Waals surface area contributed by atoms with Crippen molar-refractivity contribution in [1.82, 2.24) is 19.6 Å². The van der Waals surface area contributed by atoms with Gasteiger partial charge < -0.3 is 9.47 Å². The number of nitrogens with zero attached hydrogens (tertiary/aromatic N) is 4. The fraction of sp³-hybridized carbons (Fsp3) is 0.0500. The molecule has 0 spiro atoms. The smallest absolute Gasteiger partial charge is 0.395 e. The summed E-state index contributed by atoms with van der Waals surface area (Å²) in [7, 11) is 0. The second kappa shape index (κ2) is 6.48. The van der Waals surface area contributed by atoms with E-state index >= 15 is 0 Å². The first-order chi connectivity index (χ1) is 14.4. The lowest BCUT2D eigenvalue weighted by Crippen LogP contribution is -2.26. The van der Waals surface area contributed by atoms with Crippen LogP contribution < -0.4 is 14.9 Å². The molecule has 2 aromatic heterocycles. The molecule has 0 radical (unpaired) electrons. The molecular weight excluding hydrogens is 401 g/mol. The van der Waals surface area contributed by atoms with Crippen LogP contribution in [-0.2, 0) is 0 Å². The zero-order valence-corrected chi connectivity index (χ0v) is 15.0. The molecule has 0 atom stereocenters. The van der Waals surface area contributed by atoms with Gasteiger partial charge in [-0.3, -0.25) is 4.79 Å². The molecule has 0 bridgehead atoms. The third-order valence-corrected chi connectivity index (χ3v) is 4.40. The Morgan fingerprint density at radius 1 is 1.00 bits per heavy atom. The third-order valence-electron chi connectivity index (χ3n) is 4.40. The molecule has 0 amide bonds. The average Bonchev–Trinajstić information content (AvgIpc) is 3.31. The number of para-hydroxylation sites is 1. The van der Waals surface area contributed by atoms with Gasteiger partial charge in [-0.15, -0.1) is 8.78 Å². The van der Waals surface area contributed by atoms with E-state index in [1.54, 1.807) is 12.1 Å². The Hall–Kier alpha value is -4.08. The van der Waals surface area contributed by atoms with Crippen LogP contribution in [0.2, 0.25) is 0 Å². The lowest BCUT2D eigenvalue weighted by Gasteiger charge is -2.11. The second-order valence-corrected chi connectivity index (χ2v) is 6.35. The van der Waals surface area contributed by atoms with Gasteiger partial charge in [-0.25, -0.2) is 13.8 Å². The fourth-order valence-electron chi connectivity index (χ4n) is 3.15. The molecule has 2 aromatic carbocycles. The van der Waals surface area contributed by atoms with Crippen LogP contribution in [0.5, 0.6) is 11.5 Å². The van der Waals surface area contributed by atoms with Gasteiger partial charge in [0.15, 0.2) is 17.2 Å². The minimum absolute atomic E-state index is 0.0115. The maximum absolute atomic E-state index is 13.6. The van der Waals surface area contributed by atoms with E-state index in [1.807, 2.05) is 0 Å². The molecule has 1 aliphatic heterocycles. The first-order valence-electron chi connectivity index (χ1n) is 8.71. The normalized spacial score (nSPS) is 14.1. The van der Waals surface area contributed by atoms with Crippen LogP contribution in [-0.4, -0.2) is 25.9 Å². The van der Waals surface area contributed by atoms with Gasteiger partial charge in [-0.05, 0) is 36.4 Å². The Balaban J connectivity index is 1.64. The molecule has 0 aliphatic carbocycles. The van der Waals surface area contributed by atoms with Crippen molar-refractivity contribution in [3.8, 4) is 34.3 Å². The highest BCUT2D eigenvalue weighted by molar-refractivity contribution is 5.60. The van der Waals surface area contributed by atoms with E-state index < -0.39 is 17.5 Å². The summed E-state index contributed by atoms with van der Waals surface area (Å²) in [6.45, 7) is 0. The Morgan fingerprint density at radius 3 is 2.67 bits per heavy atom. The fourth-order valence-corrected chi connectivity index (χ4v) is 3.15. The van der Waals surface area contributed by atoms with E-state index in [0.717, 1.165) is 0 Å². The number of hydrogen-bond acceptors (Lipinski definition) is 5. The van der Waals surface area contributed by atoms with Crippen LogP contribution in [0.25, 0.3) is 22.8 Å². The zero-order chi connectivity index (χ0) is 20.9. The van der Waals surface area contributed by atoms with Crippen LogP contribution in [0, 0.1) is 5.82 Å². The second-order valence-electron chi connectivity index (χ2n) is 6.35. The van der Waals surface area contributed by atoms with E-state index in [4.69, 9.17) is 0 Å². The van der Waals surface area contributed by atoms with E-state index in [0.29, 0.717) is 11.4 Å². The standard InChI is InChI=1S/C20H11F3N4O3/c21-12-3-1-4-13(11-12)27-14(7-9-24-27)18-16(28)8-10-26(25-18)15-5-2-6-17-19(15)30-20(22,23)29-17/h1-11H. The topological polar surface area (TPSA) is 71.2 Å². The van der Waals surface area contributed by atoms with Crippen LogP contribution in [0.15, 0.2) is 71.8 Å². The van der Waals surface area contributed by atoms with Gasteiger partial charge in [0.2, 0.25) is 5.43 Å². The predicted molar refractivity (Wildman–Crippen MR) is 98.6 cm³/mol. The minimum Gasteiger partial charge on any atom is -0.395 e. The number of alkyl halides is 2. The van der Waals surface area contributed by atoms with Gasteiger partial charge in [-0.1, -0.05) is 12.1 Å². The maximum atomic E-state index is 13.6. The highest BCUT2D eigenvalue weighted by Gasteiger charge is 2.44. The Kier molecular flexibility index (Phi) is 3.88. The molecule has 0 fully saturated rings. The molecule has 30 heavy (non-hydrogen) atoms. The summed E-state index contributed by atoms with van der Waals surface area (Å²) in [5, 5.41) is 8.43. The molecule has 5 rings (SSSR count). The molecule has 0 N–H and O–H groups in total. The monoisotopic (exact) mass is 412 g/mol. The number of rotatable bonds is 3. The number of ether oxygens (including phenoxy) is 2. The van der Waals surface area contributed by atoms with Gasteiger partial charge in [0.05, 0.1) is 17.6 Å². The van der Waals surface area contributed by atoms with Gasteiger partial charge >= 0.3 is 6.29 Å².